The lowest BCUT2D eigenvalue weighted by Gasteiger charge is -2.61. The molecule has 2 saturated heterocycles. The predicted octanol–water partition coefficient (Wildman–Crippen LogP) is 3.72. The van der Waals surface area contributed by atoms with Gasteiger partial charge < -0.3 is 25.5 Å². The standard InChI is InChI=1S/C26H29N7O2.C2H6/c1-17(2)23(12-34)28-11-25(29-27)33-15-26(16-33)13-32(14-26)19-8-7-18-9-22(31-30-21(18)10-19)20-5-3-4-6-24(20)35;1-2/h3-12,17,23,35H,13-16,27H2,1-2H3;1-2H3/b28-11?,29-25+;. The summed E-state index contributed by atoms with van der Waals surface area (Å²) in [6.45, 7) is 11.5. The van der Waals surface area contributed by atoms with Crippen LogP contribution >= 0.6 is 0 Å². The van der Waals surface area contributed by atoms with Crippen molar-refractivity contribution in [3.8, 4) is 17.0 Å². The molecule has 3 N–H and O–H groups in total. The number of nitrogens with two attached hydrogens (primary N) is 1. The highest BCUT2D eigenvalue weighted by molar-refractivity contribution is 6.29. The number of benzene rings is 2. The molecule has 1 unspecified atom stereocenters. The lowest BCUT2D eigenvalue weighted by atomic mass is 9.72. The zero-order valence-corrected chi connectivity index (χ0v) is 21.9. The number of aldehydes is 1. The number of hydrogen-bond acceptors (Lipinski definition) is 8. The number of para-hydroxylation sites is 1. The number of nitrogens with zero attached hydrogens (tertiary/aromatic N) is 6. The summed E-state index contributed by atoms with van der Waals surface area (Å²) in [6.07, 6.45) is 2.48. The summed E-state index contributed by atoms with van der Waals surface area (Å²) >= 11 is 0. The van der Waals surface area contributed by atoms with Gasteiger partial charge in [0.15, 0.2) is 5.84 Å². The van der Waals surface area contributed by atoms with Crippen LogP contribution in [-0.4, -0.2) is 70.8 Å². The molecule has 0 saturated carbocycles. The number of carbonyl (C=O) groups is 1. The Hall–Kier alpha value is -4.01. The van der Waals surface area contributed by atoms with Gasteiger partial charge in [-0.15, -0.1) is 10.2 Å². The van der Waals surface area contributed by atoms with Gasteiger partial charge >= 0.3 is 0 Å². The number of aromatic hydroxyl groups is 1. The van der Waals surface area contributed by atoms with Gasteiger partial charge in [-0.05, 0) is 36.2 Å². The molecule has 37 heavy (non-hydrogen) atoms. The monoisotopic (exact) mass is 501 g/mol. The third-order valence-electron chi connectivity index (χ3n) is 6.86. The van der Waals surface area contributed by atoms with Crippen molar-refractivity contribution in [3.63, 3.8) is 0 Å². The van der Waals surface area contributed by atoms with Gasteiger partial charge in [0.05, 0.1) is 17.4 Å². The van der Waals surface area contributed by atoms with E-state index in [1.165, 1.54) is 0 Å². The quantitative estimate of drug-likeness (QED) is 0.174. The van der Waals surface area contributed by atoms with Crippen molar-refractivity contribution in [2.45, 2.75) is 33.7 Å². The van der Waals surface area contributed by atoms with E-state index in [1.807, 2.05) is 45.9 Å². The molecule has 9 nitrogen and oxygen atoms in total. The van der Waals surface area contributed by atoms with E-state index in [2.05, 4.69) is 48.3 Å². The van der Waals surface area contributed by atoms with Gasteiger partial charge in [0.2, 0.25) is 0 Å². The maximum atomic E-state index is 11.2. The molecule has 2 fully saturated rings. The van der Waals surface area contributed by atoms with Crippen LogP contribution in [0.3, 0.4) is 0 Å². The van der Waals surface area contributed by atoms with Gasteiger partial charge in [0.25, 0.3) is 0 Å². The fourth-order valence-corrected chi connectivity index (χ4v) is 4.83. The van der Waals surface area contributed by atoms with Crippen LogP contribution in [0.2, 0.25) is 0 Å². The van der Waals surface area contributed by atoms with Crippen LogP contribution in [0.15, 0.2) is 58.6 Å². The number of carbonyl (C=O) groups excluding carboxylic acids is 1. The van der Waals surface area contributed by atoms with Crippen molar-refractivity contribution in [2.24, 2.45) is 27.3 Å². The number of anilines is 1. The first kappa shape index (κ1) is 26.1. The molecule has 2 aliphatic rings. The normalized spacial score (nSPS) is 17.4. The fourth-order valence-electron chi connectivity index (χ4n) is 4.83. The third kappa shape index (κ3) is 5.26. The highest BCUT2D eigenvalue weighted by atomic mass is 16.3. The van der Waals surface area contributed by atoms with E-state index in [1.54, 1.807) is 18.3 Å². The SMILES string of the molecule is CC.CC(C)C(C=O)N=C/C(=N\N)N1CC2(C1)CN(c1ccc3cc(-c4ccccc4O)nnc3c1)C2. The Morgan fingerprint density at radius 2 is 1.81 bits per heavy atom. The minimum absolute atomic E-state index is 0.134. The second kappa shape index (κ2) is 10.9. The summed E-state index contributed by atoms with van der Waals surface area (Å²) in [5.74, 6) is 6.53. The van der Waals surface area contributed by atoms with E-state index in [9.17, 15) is 9.90 Å². The Balaban J connectivity index is 0.00000156. The molecule has 0 aliphatic carbocycles. The lowest BCUT2D eigenvalue weighted by molar-refractivity contribution is -0.109. The maximum absolute atomic E-state index is 11.2. The lowest BCUT2D eigenvalue weighted by Crippen LogP contribution is -2.73. The molecule has 9 heteroatoms. The molecule has 3 aromatic rings. The average molecular weight is 502 g/mol. The zero-order chi connectivity index (χ0) is 26.6. The van der Waals surface area contributed by atoms with Crippen molar-refractivity contribution in [1.82, 2.24) is 15.1 Å². The molecule has 5 rings (SSSR count). The number of fused-ring (bicyclic) bond motifs is 1. The molecular weight excluding hydrogens is 466 g/mol. The Kier molecular flexibility index (Phi) is 7.71. The number of hydrazone groups is 1. The molecule has 0 radical (unpaired) electrons. The topological polar surface area (TPSA) is 120 Å². The summed E-state index contributed by atoms with van der Waals surface area (Å²) in [5, 5.41) is 23.7. The van der Waals surface area contributed by atoms with E-state index >= 15 is 0 Å². The van der Waals surface area contributed by atoms with Gasteiger partial charge in [-0.3, -0.25) is 4.99 Å². The molecule has 3 heterocycles. The third-order valence-corrected chi connectivity index (χ3v) is 6.86. The van der Waals surface area contributed by atoms with Crippen LogP contribution in [-0.2, 0) is 4.79 Å². The van der Waals surface area contributed by atoms with Gasteiger partial charge in [-0.2, -0.15) is 5.10 Å². The van der Waals surface area contributed by atoms with E-state index in [4.69, 9.17) is 5.84 Å². The van der Waals surface area contributed by atoms with E-state index in [-0.39, 0.29) is 23.1 Å². The Morgan fingerprint density at radius 3 is 2.46 bits per heavy atom. The number of phenolic OH excluding ortho intramolecular Hbond substituents is 1. The van der Waals surface area contributed by atoms with E-state index < -0.39 is 0 Å². The predicted molar refractivity (Wildman–Crippen MR) is 149 cm³/mol. The number of hydrogen-bond donors (Lipinski definition) is 2. The number of aromatic nitrogens is 2. The molecule has 1 atom stereocenters. The van der Waals surface area contributed by atoms with Crippen LogP contribution in [0.25, 0.3) is 22.2 Å². The largest absolute Gasteiger partial charge is 0.507 e. The molecule has 2 aliphatic heterocycles. The molecule has 1 spiro atoms. The van der Waals surface area contributed by atoms with Crippen LogP contribution in [0, 0.1) is 11.3 Å². The Morgan fingerprint density at radius 1 is 1.08 bits per heavy atom. The zero-order valence-electron chi connectivity index (χ0n) is 21.9. The first-order chi connectivity index (χ1) is 17.9. The van der Waals surface area contributed by atoms with E-state index in [0.717, 1.165) is 49.1 Å². The van der Waals surface area contributed by atoms with Crippen LogP contribution in [0.4, 0.5) is 5.69 Å². The highest BCUT2D eigenvalue weighted by Gasteiger charge is 2.52. The van der Waals surface area contributed by atoms with Crippen molar-refractivity contribution in [2.75, 3.05) is 31.1 Å². The van der Waals surface area contributed by atoms with Gasteiger partial charge in [0.1, 0.15) is 18.1 Å². The molecule has 194 valence electrons. The Bertz CT molecular complexity index is 1310. The number of aliphatic imine (C=N–C) groups is 1. The summed E-state index contributed by atoms with van der Waals surface area (Å²) in [5.41, 5.74) is 3.46. The van der Waals surface area contributed by atoms with Gasteiger partial charge in [0, 0.05) is 48.2 Å². The maximum Gasteiger partial charge on any atom is 0.166 e. The first-order valence-corrected chi connectivity index (χ1v) is 12.7. The van der Waals surface area contributed by atoms with Crippen molar-refractivity contribution in [3.05, 3.63) is 48.5 Å². The minimum Gasteiger partial charge on any atom is -0.507 e. The summed E-state index contributed by atoms with van der Waals surface area (Å²) in [7, 11) is 0. The van der Waals surface area contributed by atoms with Gasteiger partial charge in [-0.1, -0.05) is 45.9 Å². The summed E-state index contributed by atoms with van der Waals surface area (Å²) in [4.78, 5) is 20.0. The molecule has 0 amide bonds. The average Bonchev–Trinajstić information content (AvgIpc) is 2.87. The van der Waals surface area contributed by atoms with Crippen molar-refractivity contribution >= 4 is 34.9 Å². The second-order valence-corrected chi connectivity index (χ2v) is 9.84. The highest BCUT2D eigenvalue weighted by Crippen LogP contribution is 2.42. The van der Waals surface area contributed by atoms with Crippen molar-refractivity contribution < 1.29 is 9.90 Å². The Labute approximate surface area is 217 Å². The fraction of sp³-hybridized carbons (Fsp3) is 0.393. The van der Waals surface area contributed by atoms with E-state index in [0.29, 0.717) is 17.1 Å². The summed E-state index contributed by atoms with van der Waals surface area (Å²) in [6, 6.07) is 14.9. The first-order valence-electron chi connectivity index (χ1n) is 12.7. The molecule has 2 aromatic carbocycles. The molecular formula is C28H35N7O2. The smallest absolute Gasteiger partial charge is 0.166 e. The second-order valence-electron chi connectivity index (χ2n) is 9.84. The number of rotatable bonds is 6. The number of phenols is 1. The van der Waals surface area contributed by atoms with Crippen molar-refractivity contribution in [1.29, 1.82) is 0 Å². The molecule has 1 aromatic heterocycles. The van der Waals surface area contributed by atoms with Crippen LogP contribution < -0.4 is 10.7 Å². The van der Waals surface area contributed by atoms with Crippen LogP contribution in [0.5, 0.6) is 5.75 Å². The van der Waals surface area contributed by atoms with Gasteiger partial charge in [-0.25, -0.2) is 0 Å². The number of likely N-dealkylation sites (tertiary alicyclic amines) is 1. The minimum atomic E-state index is -0.383. The molecule has 0 bridgehead atoms. The summed E-state index contributed by atoms with van der Waals surface area (Å²) < 4.78 is 0. The van der Waals surface area contributed by atoms with Crippen LogP contribution in [0.1, 0.15) is 27.7 Å². The number of amidine groups is 1.